The summed E-state index contributed by atoms with van der Waals surface area (Å²) in [4.78, 5) is 4.61. The van der Waals surface area contributed by atoms with Gasteiger partial charge in [-0.1, -0.05) is 12.1 Å². The first kappa shape index (κ1) is 13.5. The van der Waals surface area contributed by atoms with Gasteiger partial charge in [0, 0.05) is 16.5 Å². The highest BCUT2D eigenvalue weighted by molar-refractivity contribution is 7.13. The average molecular weight is 294 g/mol. The number of hydrogen-bond acceptors (Lipinski definition) is 3. The number of aromatic nitrogens is 1. The van der Waals surface area contributed by atoms with Crippen molar-refractivity contribution in [2.24, 2.45) is 0 Å². The van der Waals surface area contributed by atoms with Gasteiger partial charge in [0.2, 0.25) is 0 Å². The molecule has 0 atom stereocenters. The maximum atomic E-state index is 13.2. The molecule has 2 nitrogen and oxygen atoms in total. The molecule has 21 heavy (non-hydrogen) atoms. The zero-order chi connectivity index (χ0) is 14.8. The molecule has 0 N–H and O–H groups in total. The van der Waals surface area contributed by atoms with Crippen molar-refractivity contribution in [3.63, 3.8) is 0 Å². The summed E-state index contributed by atoms with van der Waals surface area (Å²) in [5.74, 6) is -0.236. The highest BCUT2D eigenvalue weighted by atomic mass is 32.1. The lowest BCUT2D eigenvalue weighted by Gasteiger charge is -2.01. The lowest BCUT2D eigenvalue weighted by molar-refractivity contribution is 0.627. The number of aryl methyl sites for hydroxylation is 1. The summed E-state index contributed by atoms with van der Waals surface area (Å²) in [5.41, 5.74) is 4.28. The van der Waals surface area contributed by atoms with E-state index in [1.165, 1.54) is 23.5 Å². The van der Waals surface area contributed by atoms with E-state index in [2.05, 4.69) is 11.1 Å². The monoisotopic (exact) mass is 294 g/mol. The van der Waals surface area contributed by atoms with Gasteiger partial charge in [0.25, 0.3) is 0 Å². The topological polar surface area (TPSA) is 36.7 Å². The van der Waals surface area contributed by atoms with Crippen LogP contribution >= 0.6 is 11.3 Å². The quantitative estimate of drug-likeness (QED) is 0.681. The van der Waals surface area contributed by atoms with Gasteiger partial charge >= 0.3 is 0 Å². The molecular formula is C17H11FN2S. The molecule has 0 radical (unpaired) electrons. The van der Waals surface area contributed by atoms with Gasteiger partial charge in [-0.15, -0.1) is 11.3 Å². The molecule has 0 fully saturated rings. The molecule has 0 unspecified atom stereocenters. The summed E-state index contributed by atoms with van der Waals surface area (Å²) in [7, 11) is 0. The normalized spacial score (nSPS) is 10.3. The van der Waals surface area contributed by atoms with Crippen LogP contribution in [0.1, 0.15) is 11.1 Å². The minimum absolute atomic E-state index is 0.236. The van der Waals surface area contributed by atoms with Crippen molar-refractivity contribution in [3.8, 4) is 27.9 Å². The van der Waals surface area contributed by atoms with Gasteiger partial charge in [-0.2, -0.15) is 5.26 Å². The number of hydrogen-bond donors (Lipinski definition) is 0. The van der Waals surface area contributed by atoms with Crippen LogP contribution in [0.5, 0.6) is 0 Å². The van der Waals surface area contributed by atoms with Crippen LogP contribution in [0.15, 0.2) is 47.8 Å². The van der Waals surface area contributed by atoms with Crippen LogP contribution in [0.4, 0.5) is 4.39 Å². The van der Waals surface area contributed by atoms with Crippen LogP contribution in [0.2, 0.25) is 0 Å². The fourth-order valence-corrected chi connectivity index (χ4v) is 3.03. The lowest BCUT2D eigenvalue weighted by Crippen LogP contribution is -1.85. The number of nitrogens with zero attached hydrogens (tertiary/aromatic N) is 2. The Bertz CT molecular complexity index is 829. The zero-order valence-corrected chi connectivity index (χ0v) is 12.1. The zero-order valence-electron chi connectivity index (χ0n) is 11.3. The van der Waals surface area contributed by atoms with E-state index < -0.39 is 0 Å². The highest BCUT2D eigenvalue weighted by Crippen LogP contribution is 2.31. The summed E-state index contributed by atoms with van der Waals surface area (Å²) >= 11 is 1.53. The Balaban J connectivity index is 1.97. The van der Waals surface area contributed by atoms with E-state index >= 15 is 0 Å². The predicted octanol–water partition coefficient (Wildman–Crippen LogP) is 4.80. The van der Waals surface area contributed by atoms with Gasteiger partial charge in [0.15, 0.2) is 0 Å². The molecule has 1 aromatic heterocycles. The summed E-state index contributed by atoms with van der Waals surface area (Å²) < 4.78 is 13.2. The molecule has 0 aliphatic rings. The number of thiazole rings is 1. The Morgan fingerprint density at radius 1 is 1.14 bits per heavy atom. The second-order valence-corrected chi connectivity index (χ2v) is 5.54. The van der Waals surface area contributed by atoms with Crippen molar-refractivity contribution >= 4 is 11.3 Å². The van der Waals surface area contributed by atoms with Crippen molar-refractivity contribution in [1.82, 2.24) is 4.98 Å². The minimum Gasteiger partial charge on any atom is -0.236 e. The SMILES string of the molecule is Cc1cc(F)ccc1-c1nc(-c2ccc(C#N)cc2)cs1. The Kier molecular flexibility index (Phi) is 3.51. The molecule has 102 valence electrons. The van der Waals surface area contributed by atoms with Crippen molar-refractivity contribution in [3.05, 3.63) is 64.8 Å². The number of halogens is 1. The lowest BCUT2D eigenvalue weighted by atomic mass is 10.1. The first-order valence-electron chi connectivity index (χ1n) is 6.40. The first-order valence-corrected chi connectivity index (χ1v) is 7.28. The van der Waals surface area contributed by atoms with E-state index in [1.54, 1.807) is 18.2 Å². The van der Waals surface area contributed by atoms with E-state index in [0.29, 0.717) is 5.56 Å². The Hall–Kier alpha value is -2.51. The van der Waals surface area contributed by atoms with Crippen molar-refractivity contribution in [2.45, 2.75) is 6.92 Å². The summed E-state index contributed by atoms with van der Waals surface area (Å²) in [5, 5.41) is 11.6. The molecule has 4 heteroatoms. The largest absolute Gasteiger partial charge is 0.236 e. The van der Waals surface area contributed by atoms with Crippen LogP contribution in [0.3, 0.4) is 0 Å². The summed E-state index contributed by atoms with van der Waals surface area (Å²) in [6.07, 6.45) is 0. The minimum atomic E-state index is -0.236. The molecule has 0 bridgehead atoms. The van der Waals surface area contributed by atoms with Crippen molar-refractivity contribution < 1.29 is 4.39 Å². The third-order valence-corrected chi connectivity index (χ3v) is 4.11. The van der Waals surface area contributed by atoms with E-state index in [0.717, 1.165) is 27.4 Å². The van der Waals surface area contributed by atoms with Gasteiger partial charge in [-0.25, -0.2) is 9.37 Å². The standard InChI is InChI=1S/C17H11FN2S/c1-11-8-14(18)6-7-15(11)17-20-16(10-21-17)13-4-2-12(9-19)3-5-13/h2-8,10H,1H3. The molecule has 3 rings (SSSR count). The van der Waals surface area contributed by atoms with E-state index in [9.17, 15) is 4.39 Å². The summed E-state index contributed by atoms with van der Waals surface area (Å²) in [6, 6.07) is 14.1. The van der Waals surface area contributed by atoms with Crippen molar-refractivity contribution in [2.75, 3.05) is 0 Å². The van der Waals surface area contributed by atoms with E-state index in [4.69, 9.17) is 5.26 Å². The second-order valence-electron chi connectivity index (χ2n) is 4.69. The third-order valence-electron chi connectivity index (χ3n) is 3.23. The molecule has 0 aliphatic carbocycles. The number of nitriles is 1. The molecule has 3 aromatic rings. The van der Waals surface area contributed by atoms with Gasteiger partial charge in [0.1, 0.15) is 10.8 Å². The Morgan fingerprint density at radius 3 is 2.57 bits per heavy atom. The number of benzene rings is 2. The molecule has 0 saturated carbocycles. The van der Waals surface area contributed by atoms with Crippen LogP contribution in [-0.2, 0) is 0 Å². The third kappa shape index (κ3) is 2.69. The molecule has 0 amide bonds. The van der Waals surface area contributed by atoms with E-state index in [-0.39, 0.29) is 5.82 Å². The second kappa shape index (κ2) is 5.47. The first-order chi connectivity index (χ1) is 10.2. The number of rotatable bonds is 2. The Morgan fingerprint density at radius 2 is 1.90 bits per heavy atom. The fourth-order valence-electron chi connectivity index (χ4n) is 2.11. The van der Waals surface area contributed by atoms with Crippen LogP contribution in [0.25, 0.3) is 21.8 Å². The molecule has 2 aromatic carbocycles. The van der Waals surface area contributed by atoms with E-state index in [1.807, 2.05) is 24.4 Å². The smallest absolute Gasteiger partial charge is 0.124 e. The maximum absolute atomic E-state index is 13.2. The van der Waals surface area contributed by atoms with Gasteiger partial charge in [-0.05, 0) is 42.8 Å². The fraction of sp³-hybridized carbons (Fsp3) is 0.0588. The molecule has 0 aliphatic heterocycles. The van der Waals surface area contributed by atoms with Gasteiger partial charge in [0.05, 0.1) is 17.3 Å². The van der Waals surface area contributed by atoms with Gasteiger partial charge < -0.3 is 0 Å². The van der Waals surface area contributed by atoms with Crippen LogP contribution < -0.4 is 0 Å². The highest BCUT2D eigenvalue weighted by Gasteiger charge is 2.09. The Labute approximate surface area is 126 Å². The molecular weight excluding hydrogens is 283 g/mol. The average Bonchev–Trinajstić information content (AvgIpc) is 2.97. The van der Waals surface area contributed by atoms with Gasteiger partial charge in [-0.3, -0.25) is 0 Å². The molecule has 0 spiro atoms. The van der Waals surface area contributed by atoms with Crippen molar-refractivity contribution in [1.29, 1.82) is 5.26 Å². The van der Waals surface area contributed by atoms with Crippen LogP contribution in [-0.4, -0.2) is 4.98 Å². The maximum Gasteiger partial charge on any atom is 0.124 e. The molecule has 1 heterocycles. The van der Waals surface area contributed by atoms with Crippen LogP contribution in [0, 0.1) is 24.1 Å². The molecule has 0 saturated heterocycles. The summed E-state index contributed by atoms with van der Waals surface area (Å²) in [6.45, 7) is 1.88. The predicted molar refractivity (Wildman–Crippen MR) is 82.4 cm³/mol.